The van der Waals surface area contributed by atoms with Gasteiger partial charge in [0.25, 0.3) is 0 Å². The standard InChI is InChI=1S/C11H19Br/c1-4-10(2)6-5-7-11(3)8-9-12/h6,8H,4-5,7,9H2,1-3H3/b10-6+,11-8+. The molecule has 12 heavy (non-hydrogen) atoms. The van der Waals surface area contributed by atoms with Crippen molar-refractivity contribution >= 4 is 15.9 Å². The second-order valence-electron chi connectivity index (χ2n) is 3.15. The van der Waals surface area contributed by atoms with Crippen LogP contribution in [0.2, 0.25) is 0 Å². The van der Waals surface area contributed by atoms with Gasteiger partial charge in [0, 0.05) is 5.33 Å². The molecule has 0 heterocycles. The summed E-state index contributed by atoms with van der Waals surface area (Å²) in [4.78, 5) is 0. The molecule has 0 nitrogen and oxygen atoms in total. The Kier molecular flexibility index (Phi) is 7.58. The fourth-order valence-corrected chi connectivity index (χ4v) is 1.48. The summed E-state index contributed by atoms with van der Waals surface area (Å²) in [5, 5.41) is 0.981. The van der Waals surface area contributed by atoms with Crippen molar-refractivity contribution in [2.24, 2.45) is 0 Å². The average Bonchev–Trinajstić information content (AvgIpc) is 2.04. The van der Waals surface area contributed by atoms with Gasteiger partial charge in [-0.3, -0.25) is 0 Å². The lowest BCUT2D eigenvalue weighted by Crippen LogP contribution is -1.78. The highest BCUT2D eigenvalue weighted by molar-refractivity contribution is 9.09. The van der Waals surface area contributed by atoms with Crippen molar-refractivity contribution < 1.29 is 0 Å². The molecule has 0 atom stereocenters. The molecule has 0 aromatic heterocycles. The van der Waals surface area contributed by atoms with Gasteiger partial charge in [-0.2, -0.15) is 0 Å². The van der Waals surface area contributed by atoms with Crippen molar-refractivity contribution in [3.8, 4) is 0 Å². The van der Waals surface area contributed by atoms with E-state index in [1.165, 1.54) is 30.4 Å². The molecule has 0 aliphatic rings. The first kappa shape index (κ1) is 12.0. The van der Waals surface area contributed by atoms with Gasteiger partial charge in [-0.25, -0.2) is 0 Å². The predicted octanol–water partition coefficient (Wildman–Crippen LogP) is 4.46. The molecule has 0 unspecified atom stereocenters. The van der Waals surface area contributed by atoms with Crippen molar-refractivity contribution in [1.82, 2.24) is 0 Å². The molecule has 0 aromatic rings. The lowest BCUT2D eigenvalue weighted by molar-refractivity contribution is 0.948. The number of alkyl halides is 1. The van der Waals surface area contributed by atoms with Crippen LogP contribution < -0.4 is 0 Å². The summed E-state index contributed by atoms with van der Waals surface area (Å²) in [6, 6.07) is 0. The molecule has 0 aromatic carbocycles. The van der Waals surface area contributed by atoms with Crippen LogP contribution in [-0.4, -0.2) is 5.33 Å². The number of allylic oxidation sites excluding steroid dienone is 4. The van der Waals surface area contributed by atoms with Crippen LogP contribution in [-0.2, 0) is 0 Å². The summed E-state index contributed by atoms with van der Waals surface area (Å²) in [5.74, 6) is 0. The summed E-state index contributed by atoms with van der Waals surface area (Å²) in [6.07, 6.45) is 8.14. The van der Waals surface area contributed by atoms with Gasteiger partial charge in [0.05, 0.1) is 0 Å². The van der Waals surface area contributed by atoms with Crippen LogP contribution in [0.1, 0.15) is 40.0 Å². The molecule has 0 aliphatic heterocycles. The topological polar surface area (TPSA) is 0 Å². The monoisotopic (exact) mass is 230 g/mol. The van der Waals surface area contributed by atoms with E-state index in [1.807, 2.05) is 0 Å². The number of halogens is 1. The molecule has 0 saturated heterocycles. The molecule has 0 bridgehead atoms. The summed E-state index contributed by atoms with van der Waals surface area (Å²) >= 11 is 3.39. The fraction of sp³-hybridized carbons (Fsp3) is 0.636. The van der Waals surface area contributed by atoms with E-state index in [1.54, 1.807) is 0 Å². The van der Waals surface area contributed by atoms with Crippen molar-refractivity contribution in [2.75, 3.05) is 5.33 Å². The molecule has 1 heteroatoms. The van der Waals surface area contributed by atoms with E-state index in [4.69, 9.17) is 0 Å². The smallest absolute Gasteiger partial charge is 0.0214 e. The molecule has 0 aliphatic carbocycles. The SMILES string of the molecule is CC/C(C)=C/CC/C(C)=C/CBr. The summed E-state index contributed by atoms with van der Waals surface area (Å²) in [5.41, 5.74) is 2.98. The van der Waals surface area contributed by atoms with E-state index in [0.717, 1.165) is 5.33 Å². The Balaban J connectivity index is 3.62. The Morgan fingerprint density at radius 1 is 1.17 bits per heavy atom. The molecule has 0 radical (unpaired) electrons. The minimum atomic E-state index is 0.981. The summed E-state index contributed by atoms with van der Waals surface area (Å²) in [7, 11) is 0. The van der Waals surface area contributed by atoms with E-state index in [0.29, 0.717) is 0 Å². The first-order valence-corrected chi connectivity index (χ1v) is 5.70. The first-order chi connectivity index (χ1) is 5.70. The second kappa shape index (κ2) is 7.60. The minimum Gasteiger partial charge on any atom is -0.0883 e. The minimum absolute atomic E-state index is 0.981. The van der Waals surface area contributed by atoms with Gasteiger partial charge in [0.2, 0.25) is 0 Å². The maximum atomic E-state index is 3.39. The van der Waals surface area contributed by atoms with Gasteiger partial charge in [0.1, 0.15) is 0 Å². The van der Waals surface area contributed by atoms with E-state index in [2.05, 4.69) is 48.9 Å². The van der Waals surface area contributed by atoms with Gasteiger partial charge in [-0.15, -0.1) is 0 Å². The van der Waals surface area contributed by atoms with E-state index in [-0.39, 0.29) is 0 Å². The van der Waals surface area contributed by atoms with Crippen LogP contribution in [0.5, 0.6) is 0 Å². The fourth-order valence-electron chi connectivity index (χ4n) is 0.924. The van der Waals surface area contributed by atoms with Crippen LogP contribution in [0.25, 0.3) is 0 Å². The molecule has 0 N–H and O–H groups in total. The van der Waals surface area contributed by atoms with Crippen LogP contribution in [0, 0.1) is 0 Å². The number of hydrogen-bond donors (Lipinski definition) is 0. The molecular weight excluding hydrogens is 212 g/mol. The largest absolute Gasteiger partial charge is 0.0883 e. The Hall–Kier alpha value is -0.0400. The zero-order valence-corrected chi connectivity index (χ0v) is 9.95. The molecule has 0 rings (SSSR count). The van der Waals surface area contributed by atoms with Gasteiger partial charge in [-0.05, 0) is 33.1 Å². The van der Waals surface area contributed by atoms with Gasteiger partial charge in [0.15, 0.2) is 0 Å². The predicted molar refractivity (Wildman–Crippen MR) is 60.8 cm³/mol. The van der Waals surface area contributed by atoms with Crippen LogP contribution in [0.4, 0.5) is 0 Å². The maximum absolute atomic E-state index is 3.39. The third-order valence-corrected chi connectivity index (χ3v) is 2.34. The van der Waals surface area contributed by atoms with Crippen LogP contribution >= 0.6 is 15.9 Å². The molecular formula is C11H19Br. The molecule has 0 spiro atoms. The van der Waals surface area contributed by atoms with Crippen LogP contribution in [0.3, 0.4) is 0 Å². The highest BCUT2D eigenvalue weighted by atomic mass is 79.9. The Bertz CT molecular complexity index is 166. The van der Waals surface area contributed by atoms with Crippen molar-refractivity contribution in [3.05, 3.63) is 23.3 Å². The van der Waals surface area contributed by atoms with E-state index < -0.39 is 0 Å². The first-order valence-electron chi connectivity index (χ1n) is 4.58. The third kappa shape index (κ3) is 6.66. The van der Waals surface area contributed by atoms with Crippen molar-refractivity contribution in [3.63, 3.8) is 0 Å². The lowest BCUT2D eigenvalue weighted by atomic mass is 10.1. The number of hydrogen-bond acceptors (Lipinski definition) is 0. The lowest BCUT2D eigenvalue weighted by Gasteiger charge is -1.98. The Morgan fingerprint density at radius 2 is 1.83 bits per heavy atom. The van der Waals surface area contributed by atoms with Gasteiger partial charge < -0.3 is 0 Å². The molecule has 0 fully saturated rings. The van der Waals surface area contributed by atoms with Crippen LogP contribution in [0.15, 0.2) is 23.3 Å². The average molecular weight is 231 g/mol. The quantitative estimate of drug-likeness (QED) is 0.484. The molecule has 0 saturated carbocycles. The zero-order chi connectivity index (χ0) is 9.40. The molecule has 0 amide bonds. The number of rotatable bonds is 5. The molecule has 70 valence electrons. The summed E-state index contributed by atoms with van der Waals surface area (Å²) in [6.45, 7) is 6.59. The van der Waals surface area contributed by atoms with E-state index in [9.17, 15) is 0 Å². The Morgan fingerprint density at radius 3 is 2.33 bits per heavy atom. The van der Waals surface area contributed by atoms with Crippen molar-refractivity contribution in [2.45, 2.75) is 40.0 Å². The maximum Gasteiger partial charge on any atom is 0.0214 e. The van der Waals surface area contributed by atoms with Gasteiger partial charge >= 0.3 is 0 Å². The third-order valence-electron chi connectivity index (χ3n) is 2.01. The second-order valence-corrected chi connectivity index (χ2v) is 3.79. The Labute approximate surface area is 84.9 Å². The highest BCUT2D eigenvalue weighted by Crippen LogP contribution is 2.08. The normalized spacial score (nSPS) is 13.7. The highest BCUT2D eigenvalue weighted by Gasteiger charge is 1.88. The van der Waals surface area contributed by atoms with Gasteiger partial charge in [-0.1, -0.05) is 46.2 Å². The zero-order valence-electron chi connectivity index (χ0n) is 8.36. The van der Waals surface area contributed by atoms with Crippen molar-refractivity contribution in [1.29, 1.82) is 0 Å². The van der Waals surface area contributed by atoms with E-state index >= 15 is 0 Å². The summed E-state index contributed by atoms with van der Waals surface area (Å²) < 4.78 is 0.